The van der Waals surface area contributed by atoms with E-state index < -0.39 is 15.9 Å². The normalized spacial score (nSPS) is 11.0. The van der Waals surface area contributed by atoms with Crippen LogP contribution < -0.4 is 15.2 Å². The molecule has 0 aliphatic heterocycles. The molecule has 0 aromatic heterocycles. The molecule has 0 unspecified atom stereocenters. The molecule has 8 heteroatoms. The van der Waals surface area contributed by atoms with Crippen molar-refractivity contribution in [2.24, 2.45) is 0 Å². The Labute approximate surface area is 222 Å². The van der Waals surface area contributed by atoms with Crippen molar-refractivity contribution in [2.45, 2.75) is 18.4 Å². The highest BCUT2D eigenvalue weighted by molar-refractivity contribution is 7.92. The highest BCUT2D eigenvalue weighted by Gasteiger charge is 2.28. The van der Waals surface area contributed by atoms with E-state index in [1.54, 1.807) is 72.8 Å². The van der Waals surface area contributed by atoms with Crippen LogP contribution in [-0.2, 0) is 16.6 Å². The Morgan fingerprint density at radius 1 is 0.838 bits per heavy atom. The maximum absolute atomic E-state index is 13.9. The lowest BCUT2D eigenvalue weighted by molar-refractivity contribution is 0.0943. The molecule has 0 aliphatic rings. The van der Waals surface area contributed by atoms with Gasteiger partial charge in [0.05, 0.1) is 28.4 Å². The van der Waals surface area contributed by atoms with Crippen LogP contribution in [0.4, 0.5) is 5.69 Å². The summed E-state index contributed by atoms with van der Waals surface area (Å²) >= 11 is 5.94. The van der Waals surface area contributed by atoms with Crippen LogP contribution in [0.25, 0.3) is 5.70 Å². The molecule has 4 rings (SSSR count). The molecule has 4 aromatic rings. The molecule has 0 atom stereocenters. The SMILES string of the molecule is C=C(NNC(=O)c1ccccc1N(Cc1ccccc1)S(=O)(=O)c1ccc(C)cc1)c1ccc(Cl)cc1. The maximum Gasteiger partial charge on any atom is 0.271 e. The minimum atomic E-state index is -4.00. The minimum absolute atomic E-state index is 0.0479. The first kappa shape index (κ1) is 26.0. The first-order valence-electron chi connectivity index (χ1n) is 11.5. The van der Waals surface area contributed by atoms with E-state index in [2.05, 4.69) is 17.4 Å². The molecule has 0 fully saturated rings. The lowest BCUT2D eigenvalue weighted by Gasteiger charge is -2.27. The molecule has 1 amide bonds. The van der Waals surface area contributed by atoms with Gasteiger partial charge in [-0.05, 0) is 54.4 Å². The van der Waals surface area contributed by atoms with Crippen molar-refractivity contribution in [3.05, 3.63) is 137 Å². The van der Waals surface area contributed by atoms with Crippen LogP contribution in [-0.4, -0.2) is 14.3 Å². The van der Waals surface area contributed by atoms with Gasteiger partial charge < -0.3 is 0 Å². The summed E-state index contributed by atoms with van der Waals surface area (Å²) in [6, 6.07) is 29.5. The summed E-state index contributed by atoms with van der Waals surface area (Å²) in [6.45, 7) is 5.88. The molecule has 37 heavy (non-hydrogen) atoms. The number of hydrogen-bond donors (Lipinski definition) is 2. The van der Waals surface area contributed by atoms with Crippen LogP contribution >= 0.6 is 11.6 Å². The summed E-state index contributed by atoms with van der Waals surface area (Å²) in [5.41, 5.74) is 8.79. The van der Waals surface area contributed by atoms with E-state index >= 15 is 0 Å². The second-order valence-electron chi connectivity index (χ2n) is 8.39. The third-order valence-electron chi connectivity index (χ3n) is 5.71. The number of nitrogens with zero attached hydrogens (tertiary/aromatic N) is 1. The quantitative estimate of drug-likeness (QED) is 0.262. The van der Waals surface area contributed by atoms with Gasteiger partial charge in [0.1, 0.15) is 0 Å². The van der Waals surface area contributed by atoms with Crippen molar-refractivity contribution in [1.29, 1.82) is 0 Å². The van der Waals surface area contributed by atoms with Gasteiger partial charge in [-0.3, -0.25) is 20.0 Å². The highest BCUT2D eigenvalue weighted by atomic mass is 35.5. The van der Waals surface area contributed by atoms with Gasteiger partial charge in [0.15, 0.2) is 0 Å². The van der Waals surface area contributed by atoms with E-state index in [1.807, 2.05) is 37.3 Å². The Morgan fingerprint density at radius 2 is 1.46 bits per heavy atom. The van der Waals surface area contributed by atoms with Crippen molar-refractivity contribution in [3.8, 4) is 0 Å². The smallest absolute Gasteiger partial charge is 0.271 e. The molecule has 0 aliphatic carbocycles. The van der Waals surface area contributed by atoms with Crippen molar-refractivity contribution < 1.29 is 13.2 Å². The van der Waals surface area contributed by atoms with Crippen molar-refractivity contribution in [1.82, 2.24) is 10.9 Å². The fraction of sp³-hybridized carbons (Fsp3) is 0.0690. The molecule has 188 valence electrons. The van der Waals surface area contributed by atoms with Gasteiger partial charge in [0.2, 0.25) is 0 Å². The van der Waals surface area contributed by atoms with E-state index in [4.69, 9.17) is 11.6 Å². The first-order chi connectivity index (χ1) is 17.8. The summed E-state index contributed by atoms with van der Waals surface area (Å²) in [4.78, 5) is 13.4. The third kappa shape index (κ3) is 6.20. The lowest BCUT2D eigenvalue weighted by Crippen LogP contribution is -2.38. The second-order valence-corrected chi connectivity index (χ2v) is 10.7. The number of para-hydroxylation sites is 1. The van der Waals surface area contributed by atoms with Gasteiger partial charge in [-0.25, -0.2) is 8.42 Å². The number of rotatable bonds is 9. The van der Waals surface area contributed by atoms with Gasteiger partial charge in [0.25, 0.3) is 15.9 Å². The number of halogens is 1. The van der Waals surface area contributed by atoms with E-state index in [0.29, 0.717) is 10.7 Å². The standard InChI is InChI=1S/C29H26ClN3O3S/c1-21-12-18-26(19-13-21)37(35,36)33(20-23-8-4-3-5-9-23)28-11-7-6-10-27(28)29(34)32-31-22(2)24-14-16-25(30)17-15-24/h3-19,31H,2,20H2,1H3,(H,32,34). The van der Waals surface area contributed by atoms with E-state index in [-0.39, 0.29) is 22.7 Å². The molecule has 0 saturated carbocycles. The van der Waals surface area contributed by atoms with Crippen LogP contribution in [0.15, 0.2) is 115 Å². The zero-order valence-corrected chi connectivity index (χ0v) is 21.8. The van der Waals surface area contributed by atoms with Crippen LogP contribution in [0.5, 0.6) is 0 Å². The van der Waals surface area contributed by atoms with Crippen LogP contribution in [0.2, 0.25) is 5.02 Å². The number of amides is 1. The topological polar surface area (TPSA) is 78.5 Å². The van der Waals surface area contributed by atoms with Gasteiger partial charge >= 0.3 is 0 Å². The number of benzene rings is 4. The second kappa shape index (κ2) is 11.3. The van der Waals surface area contributed by atoms with E-state index in [1.165, 1.54) is 4.31 Å². The van der Waals surface area contributed by atoms with Gasteiger partial charge in [0, 0.05) is 5.02 Å². The van der Waals surface area contributed by atoms with E-state index in [0.717, 1.165) is 16.7 Å². The molecule has 6 nitrogen and oxygen atoms in total. The fourth-order valence-electron chi connectivity index (χ4n) is 3.69. The lowest BCUT2D eigenvalue weighted by atomic mass is 10.1. The molecular formula is C29H26ClN3O3S. The largest absolute Gasteiger partial charge is 0.298 e. The zero-order chi connectivity index (χ0) is 26.4. The molecular weight excluding hydrogens is 506 g/mol. The maximum atomic E-state index is 13.9. The van der Waals surface area contributed by atoms with Crippen molar-refractivity contribution >= 4 is 38.9 Å². The summed E-state index contributed by atoms with van der Waals surface area (Å²) in [5.74, 6) is -0.511. The summed E-state index contributed by atoms with van der Waals surface area (Å²) in [7, 11) is -4.00. The Morgan fingerprint density at radius 3 is 2.14 bits per heavy atom. The fourth-order valence-corrected chi connectivity index (χ4v) is 5.29. The van der Waals surface area contributed by atoms with Crippen LogP contribution in [0, 0.1) is 6.92 Å². The number of hydrogen-bond acceptors (Lipinski definition) is 4. The van der Waals surface area contributed by atoms with E-state index in [9.17, 15) is 13.2 Å². The summed E-state index contributed by atoms with van der Waals surface area (Å²) in [6.07, 6.45) is 0. The number of anilines is 1. The molecule has 0 saturated heterocycles. The number of aryl methyl sites for hydroxylation is 1. The van der Waals surface area contributed by atoms with Gasteiger partial charge in [-0.1, -0.05) is 90.5 Å². The number of nitrogens with one attached hydrogen (secondary N) is 2. The zero-order valence-electron chi connectivity index (χ0n) is 20.2. The Bertz CT molecular complexity index is 1500. The van der Waals surface area contributed by atoms with Gasteiger partial charge in [-0.15, -0.1) is 0 Å². The molecule has 0 radical (unpaired) electrons. The number of sulfonamides is 1. The minimum Gasteiger partial charge on any atom is -0.298 e. The predicted octanol–water partition coefficient (Wildman–Crippen LogP) is 5.95. The molecule has 0 heterocycles. The average molecular weight is 532 g/mol. The molecule has 4 aromatic carbocycles. The Hall–Kier alpha value is -4.07. The highest BCUT2D eigenvalue weighted by Crippen LogP contribution is 2.29. The predicted molar refractivity (Wildman–Crippen MR) is 149 cm³/mol. The number of hydrazine groups is 1. The Balaban J connectivity index is 1.67. The molecule has 0 spiro atoms. The van der Waals surface area contributed by atoms with Gasteiger partial charge in [-0.2, -0.15) is 0 Å². The monoisotopic (exact) mass is 531 g/mol. The number of carbonyl (C=O) groups is 1. The van der Waals surface area contributed by atoms with Crippen LogP contribution in [0.3, 0.4) is 0 Å². The molecule has 0 bridgehead atoms. The summed E-state index contributed by atoms with van der Waals surface area (Å²) < 4.78 is 29.0. The summed E-state index contributed by atoms with van der Waals surface area (Å²) in [5, 5.41) is 0.586. The molecule has 2 N–H and O–H groups in total. The average Bonchev–Trinajstić information content (AvgIpc) is 2.91. The van der Waals surface area contributed by atoms with Crippen molar-refractivity contribution in [3.63, 3.8) is 0 Å². The van der Waals surface area contributed by atoms with Crippen LogP contribution in [0.1, 0.15) is 27.0 Å². The Kier molecular flexibility index (Phi) is 7.96. The number of carbonyl (C=O) groups excluding carboxylic acids is 1. The third-order valence-corrected chi connectivity index (χ3v) is 7.74. The van der Waals surface area contributed by atoms with Crippen molar-refractivity contribution in [2.75, 3.05) is 4.31 Å². The first-order valence-corrected chi connectivity index (χ1v) is 13.3.